The summed E-state index contributed by atoms with van der Waals surface area (Å²) in [4.78, 5) is 0. The van der Waals surface area contributed by atoms with Gasteiger partial charge in [0.15, 0.2) is 0 Å². The zero-order valence-corrected chi connectivity index (χ0v) is 12.6. The molecule has 0 spiro atoms. The number of aromatic nitrogens is 2. The number of rotatable bonds is 2. The van der Waals surface area contributed by atoms with E-state index in [0.717, 1.165) is 13.1 Å². The summed E-state index contributed by atoms with van der Waals surface area (Å²) in [5, 5.41) is 7.98. The van der Waals surface area contributed by atoms with Crippen molar-refractivity contribution >= 4 is 0 Å². The van der Waals surface area contributed by atoms with Gasteiger partial charge in [-0.1, -0.05) is 29.8 Å². The monoisotopic (exact) mass is 269 g/mol. The van der Waals surface area contributed by atoms with Crippen molar-refractivity contribution in [2.45, 2.75) is 32.1 Å². The van der Waals surface area contributed by atoms with Crippen molar-refractivity contribution in [3.05, 3.63) is 52.8 Å². The lowest BCUT2D eigenvalue weighted by Crippen LogP contribution is -2.34. The molecule has 0 amide bonds. The Morgan fingerprint density at radius 2 is 2.10 bits per heavy atom. The number of nitrogens with one attached hydrogen (secondary N) is 1. The van der Waals surface area contributed by atoms with Crippen LogP contribution in [0.25, 0.3) is 0 Å². The summed E-state index contributed by atoms with van der Waals surface area (Å²) in [6, 6.07) is 8.94. The maximum absolute atomic E-state index is 4.43. The van der Waals surface area contributed by atoms with Gasteiger partial charge in [0.05, 0.1) is 6.20 Å². The molecule has 0 saturated carbocycles. The normalized spacial score (nSPS) is 22.9. The molecule has 2 heterocycles. The van der Waals surface area contributed by atoms with Gasteiger partial charge in [-0.25, -0.2) is 0 Å². The largest absolute Gasteiger partial charge is 0.316 e. The van der Waals surface area contributed by atoms with E-state index in [1.807, 2.05) is 11.7 Å². The van der Waals surface area contributed by atoms with Crippen LogP contribution in [0.3, 0.4) is 0 Å². The second-order valence-corrected chi connectivity index (χ2v) is 5.93. The van der Waals surface area contributed by atoms with E-state index in [-0.39, 0.29) is 0 Å². The fourth-order valence-corrected chi connectivity index (χ4v) is 3.36. The highest BCUT2D eigenvalue weighted by Gasteiger charge is 2.29. The van der Waals surface area contributed by atoms with E-state index < -0.39 is 0 Å². The van der Waals surface area contributed by atoms with Crippen molar-refractivity contribution < 1.29 is 0 Å². The lowest BCUT2D eigenvalue weighted by atomic mass is 9.77. The molecule has 2 atom stereocenters. The van der Waals surface area contributed by atoms with Crippen LogP contribution >= 0.6 is 0 Å². The van der Waals surface area contributed by atoms with Gasteiger partial charge in [0.25, 0.3) is 0 Å². The van der Waals surface area contributed by atoms with Crippen molar-refractivity contribution in [3.8, 4) is 0 Å². The van der Waals surface area contributed by atoms with Gasteiger partial charge in [-0.3, -0.25) is 4.68 Å². The van der Waals surface area contributed by atoms with Crippen LogP contribution in [0.4, 0.5) is 0 Å². The molecule has 0 bridgehead atoms. The Bertz CT molecular complexity index is 600. The predicted molar refractivity (Wildman–Crippen MR) is 82.1 cm³/mol. The first kappa shape index (κ1) is 13.4. The van der Waals surface area contributed by atoms with E-state index in [4.69, 9.17) is 0 Å². The van der Waals surface area contributed by atoms with E-state index in [9.17, 15) is 0 Å². The zero-order valence-electron chi connectivity index (χ0n) is 12.6. The molecule has 3 nitrogen and oxygen atoms in total. The number of benzene rings is 1. The third kappa shape index (κ3) is 2.38. The second kappa shape index (κ2) is 5.41. The Morgan fingerprint density at radius 1 is 1.25 bits per heavy atom. The van der Waals surface area contributed by atoms with E-state index in [1.165, 1.54) is 28.8 Å². The van der Waals surface area contributed by atoms with E-state index in [0.29, 0.717) is 11.8 Å². The summed E-state index contributed by atoms with van der Waals surface area (Å²) in [6.07, 6.45) is 3.25. The highest BCUT2D eigenvalue weighted by atomic mass is 15.3. The molecule has 0 aliphatic carbocycles. The molecule has 1 aromatic heterocycles. The van der Waals surface area contributed by atoms with Crippen LogP contribution in [0, 0.1) is 13.8 Å². The number of hydrogen-bond donors (Lipinski definition) is 1. The van der Waals surface area contributed by atoms with Gasteiger partial charge in [0.1, 0.15) is 0 Å². The smallest absolute Gasteiger partial charge is 0.0527 e. The second-order valence-electron chi connectivity index (χ2n) is 5.93. The molecule has 0 radical (unpaired) electrons. The first-order valence-electron chi connectivity index (χ1n) is 7.42. The van der Waals surface area contributed by atoms with Crippen molar-refractivity contribution in [1.82, 2.24) is 15.1 Å². The summed E-state index contributed by atoms with van der Waals surface area (Å²) in [5.74, 6) is 1.12. The van der Waals surface area contributed by atoms with E-state index >= 15 is 0 Å². The molecule has 20 heavy (non-hydrogen) atoms. The Balaban J connectivity index is 1.97. The van der Waals surface area contributed by atoms with Crippen LogP contribution in [0.5, 0.6) is 0 Å². The van der Waals surface area contributed by atoms with Crippen LogP contribution in [0.2, 0.25) is 0 Å². The van der Waals surface area contributed by atoms with Crippen molar-refractivity contribution in [1.29, 1.82) is 0 Å². The van der Waals surface area contributed by atoms with Gasteiger partial charge in [-0.2, -0.15) is 5.10 Å². The average Bonchev–Trinajstić information content (AvgIpc) is 2.79. The van der Waals surface area contributed by atoms with Crippen molar-refractivity contribution in [2.75, 3.05) is 13.1 Å². The van der Waals surface area contributed by atoms with Crippen LogP contribution in [-0.4, -0.2) is 22.9 Å². The SMILES string of the molecule is Cc1cccc(C2CNCCC2c2cnn(C)c2C)c1. The topological polar surface area (TPSA) is 29.9 Å². The van der Waals surface area contributed by atoms with E-state index in [1.54, 1.807) is 0 Å². The summed E-state index contributed by atoms with van der Waals surface area (Å²) in [7, 11) is 2.03. The number of hydrogen-bond acceptors (Lipinski definition) is 2. The summed E-state index contributed by atoms with van der Waals surface area (Å²) < 4.78 is 1.99. The third-order valence-corrected chi connectivity index (χ3v) is 4.63. The van der Waals surface area contributed by atoms with E-state index in [2.05, 4.69) is 54.7 Å². The molecule has 3 heteroatoms. The maximum atomic E-state index is 4.43. The van der Waals surface area contributed by atoms with Crippen LogP contribution in [0.1, 0.15) is 40.6 Å². The van der Waals surface area contributed by atoms with Gasteiger partial charge >= 0.3 is 0 Å². The maximum Gasteiger partial charge on any atom is 0.0527 e. The lowest BCUT2D eigenvalue weighted by Gasteiger charge is -2.33. The fourth-order valence-electron chi connectivity index (χ4n) is 3.36. The van der Waals surface area contributed by atoms with Crippen molar-refractivity contribution in [3.63, 3.8) is 0 Å². The minimum Gasteiger partial charge on any atom is -0.316 e. The molecule has 1 saturated heterocycles. The molecule has 1 aromatic carbocycles. The van der Waals surface area contributed by atoms with Gasteiger partial charge in [0, 0.05) is 25.2 Å². The standard InChI is InChI=1S/C17H23N3/c1-12-5-4-6-14(9-12)17-10-18-8-7-15(17)16-11-19-20(3)13(16)2/h4-6,9,11,15,17-18H,7-8,10H2,1-3H3. The Hall–Kier alpha value is -1.61. The summed E-state index contributed by atoms with van der Waals surface area (Å²) in [6.45, 7) is 6.51. The quantitative estimate of drug-likeness (QED) is 0.908. The Morgan fingerprint density at radius 3 is 2.80 bits per heavy atom. The lowest BCUT2D eigenvalue weighted by molar-refractivity contribution is 0.402. The van der Waals surface area contributed by atoms with Gasteiger partial charge in [0.2, 0.25) is 0 Å². The molecule has 1 N–H and O–H groups in total. The molecule has 106 valence electrons. The average molecular weight is 269 g/mol. The Labute approximate surface area is 121 Å². The summed E-state index contributed by atoms with van der Waals surface area (Å²) >= 11 is 0. The van der Waals surface area contributed by atoms with Crippen LogP contribution in [0.15, 0.2) is 30.5 Å². The molecule has 1 aliphatic rings. The minimum atomic E-state index is 0.548. The van der Waals surface area contributed by atoms with Gasteiger partial charge < -0.3 is 5.32 Å². The zero-order chi connectivity index (χ0) is 14.1. The van der Waals surface area contributed by atoms with Crippen molar-refractivity contribution in [2.24, 2.45) is 7.05 Å². The number of piperidine rings is 1. The van der Waals surface area contributed by atoms with Crippen LogP contribution < -0.4 is 5.32 Å². The van der Waals surface area contributed by atoms with Crippen LogP contribution in [-0.2, 0) is 7.05 Å². The molecule has 2 aromatic rings. The summed E-state index contributed by atoms with van der Waals surface area (Å²) in [5.41, 5.74) is 5.51. The first-order valence-corrected chi connectivity index (χ1v) is 7.42. The van der Waals surface area contributed by atoms with Gasteiger partial charge in [-0.15, -0.1) is 0 Å². The highest BCUT2D eigenvalue weighted by molar-refractivity contribution is 5.33. The predicted octanol–water partition coefficient (Wildman–Crippen LogP) is 2.90. The molecular weight excluding hydrogens is 246 g/mol. The molecule has 1 aliphatic heterocycles. The number of aryl methyl sites for hydroxylation is 2. The molecule has 1 fully saturated rings. The first-order chi connectivity index (χ1) is 9.66. The molecule has 3 rings (SSSR count). The van der Waals surface area contributed by atoms with Gasteiger partial charge in [-0.05, 0) is 43.9 Å². The Kier molecular flexibility index (Phi) is 3.62. The minimum absolute atomic E-state index is 0.548. The molecular formula is C17H23N3. The molecule has 2 unspecified atom stereocenters. The fraction of sp³-hybridized carbons (Fsp3) is 0.471. The number of nitrogens with zero attached hydrogens (tertiary/aromatic N) is 2. The third-order valence-electron chi connectivity index (χ3n) is 4.63. The highest BCUT2D eigenvalue weighted by Crippen LogP contribution is 2.38.